The molecule has 3 rings (SSSR count). The van der Waals surface area contributed by atoms with Gasteiger partial charge < -0.3 is 10.4 Å². The summed E-state index contributed by atoms with van der Waals surface area (Å²) in [7, 11) is 1.89. The van der Waals surface area contributed by atoms with Crippen molar-refractivity contribution in [3.05, 3.63) is 18.1 Å². The molecule has 1 aliphatic heterocycles. The third-order valence-corrected chi connectivity index (χ3v) is 5.29. The van der Waals surface area contributed by atoms with Crippen LogP contribution in [0, 0.1) is 5.92 Å². The fraction of sp³-hybridized carbons (Fsp3) is 0.765. The SMILES string of the molecule is CNc1cc(CC2CCN([C@@H]3CCCC[C@@H]3O)CC2)ncn1. The van der Waals surface area contributed by atoms with E-state index in [1.54, 1.807) is 6.33 Å². The van der Waals surface area contributed by atoms with Crippen molar-refractivity contribution >= 4 is 5.82 Å². The number of rotatable bonds is 4. The van der Waals surface area contributed by atoms with Crippen molar-refractivity contribution < 1.29 is 5.11 Å². The zero-order chi connectivity index (χ0) is 15.4. The maximum Gasteiger partial charge on any atom is 0.129 e. The Morgan fingerprint density at radius 3 is 2.68 bits per heavy atom. The standard InChI is InChI=1S/C17H28N4O/c1-18-17-11-14(19-12-20-17)10-13-6-8-21(9-7-13)15-4-2-3-5-16(15)22/h11-13,15-16,22H,2-10H2,1H3,(H,18,19,20)/t15-,16+/m1/s1. The summed E-state index contributed by atoms with van der Waals surface area (Å²) in [6, 6.07) is 2.46. The van der Waals surface area contributed by atoms with Crippen molar-refractivity contribution in [2.45, 2.75) is 57.1 Å². The Balaban J connectivity index is 1.51. The Morgan fingerprint density at radius 2 is 1.95 bits per heavy atom. The molecule has 0 amide bonds. The van der Waals surface area contributed by atoms with Gasteiger partial charge in [0.1, 0.15) is 12.1 Å². The molecule has 122 valence electrons. The van der Waals surface area contributed by atoms with E-state index in [1.807, 2.05) is 7.05 Å². The maximum absolute atomic E-state index is 10.2. The first kappa shape index (κ1) is 15.7. The van der Waals surface area contributed by atoms with Crippen LogP contribution in [0.25, 0.3) is 0 Å². The summed E-state index contributed by atoms with van der Waals surface area (Å²) in [6.45, 7) is 2.24. The molecule has 2 N–H and O–H groups in total. The van der Waals surface area contributed by atoms with Gasteiger partial charge in [0.15, 0.2) is 0 Å². The third kappa shape index (κ3) is 3.76. The minimum Gasteiger partial charge on any atom is -0.391 e. The zero-order valence-electron chi connectivity index (χ0n) is 13.5. The van der Waals surface area contributed by atoms with Crippen molar-refractivity contribution in [1.82, 2.24) is 14.9 Å². The summed E-state index contributed by atoms with van der Waals surface area (Å²) >= 11 is 0. The number of hydrogen-bond acceptors (Lipinski definition) is 5. The molecular formula is C17H28N4O. The Bertz CT molecular complexity index is 473. The number of aliphatic hydroxyl groups is 1. The molecule has 5 nitrogen and oxygen atoms in total. The molecule has 22 heavy (non-hydrogen) atoms. The minimum absolute atomic E-state index is 0.106. The zero-order valence-corrected chi connectivity index (χ0v) is 13.5. The summed E-state index contributed by atoms with van der Waals surface area (Å²) < 4.78 is 0. The fourth-order valence-corrected chi connectivity index (χ4v) is 3.95. The Labute approximate surface area is 133 Å². The molecule has 2 heterocycles. The average molecular weight is 304 g/mol. The van der Waals surface area contributed by atoms with Crippen LogP contribution in [-0.4, -0.2) is 52.3 Å². The van der Waals surface area contributed by atoms with Gasteiger partial charge in [-0.3, -0.25) is 4.90 Å². The second-order valence-corrected chi connectivity index (χ2v) is 6.75. The van der Waals surface area contributed by atoms with Crippen LogP contribution in [0.2, 0.25) is 0 Å². The maximum atomic E-state index is 10.2. The summed E-state index contributed by atoms with van der Waals surface area (Å²) in [5.41, 5.74) is 1.13. The number of likely N-dealkylation sites (tertiary alicyclic amines) is 1. The van der Waals surface area contributed by atoms with Gasteiger partial charge in [-0.25, -0.2) is 9.97 Å². The van der Waals surface area contributed by atoms with Gasteiger partial charge in [0.2, 0.25) is 0 Å². The van der Waals surface area contributed by atoms with Gasteiger partial charge in [-0.1, -0.05) is 12.8 Å². The predicted octanol–water partition coefficient (Wildman–Crippen LogP) is 2.08. The summed E-state index contributed by atoms with van der Waals surface area (Å²) in [4.78, 5) is 11.1. The Kier molecular flexibility index (Phi) is 5.26. The van der Waals surface area contributed by atoms with Crippen molar-refractivity contribution in [1.29, 1.82) is 0 Å². The van der Waals surface area contributed by atoms with Crippen molar-refractivity contribution in [3.63, 3.8) is 0 Å². The lowest BCUT2D eigenvalue weighted by Gasteiger charge is -2.41. The van der Waals surface area contributed by atoms with E-state index in [1.165, 1.54) is 32.1 Å². The van der Waals surface area contributed by atoms with Crippen LogP contribution >= 0.6 is 0 Å². The van der Waals surface area contributed by atoms with E-state index in [-0.39, 0.29) is 6.10 Å². The van der Waals surface area contributed by atoms with Gasteiger partial charge in [-0.15, -0.1) is 0 Å². The molecule has 0 aromatic carbocycles. The van der Waals surface area contributed by atoms with E-state index in [9.17, 15) is 5.11 Å². The van der Waals surface area contributed by atoms with E-state index >= 15 is 0 Å². The van der Waals surface area contributed by atoms with Gasteiger partial charge >= 0.3 is 0 Å². The van der Waals surface area contributed by atoms with Gasteiger partial charge in [0, 0.05) is 24.8 Å². The van der Waals surface area contributed by atoms with Crippen molar-refractivity contribution in [2.75, 3.05) is 25.5 Å². The van der Waals surface area contributed by atoms with Crippen LogP contribution in [0.3, 0.4) is 0 Å². The van der Waals surface area contributed by atoms with Gasteiger partial charge in [-0.2, -0.15) is 0 Å². The number of hydrogen-bond donors (Lipinski definition) is 2. The van der Waals surface area contributed by atoms with E-state index in [0.29, 0.717) is 12.0 Å². The number of nitrogens with one attached hydrogen (secondary N) is 1. The third-order valence-electron chi connectivity index (χ3n) is 5.29. The molecule has 1 aliphatic carbocycles. The lowest BCUT2D eigenvalue weighted by Crippen LogP contribution is -2.49. The van der Waals surface area contributed by atoms with E-state index in [2.05, 4.69) is 26.3 Å². The largest absolute Gasteiger partial charge is 0.391 e. The van der Waals surface area contributed by atoms with Crippen LogP contribution in [0.4, 0.5) is 5.82 Å². The smallest absolute Gasteiger partial charge is 0.129 e. The molecule has 0 spiro atoms. The van der Waals surface area contributed by atoms with Crippen LogP contribution in [0.5, 0.6) is 0 Å². The van der Waals surface area contributed by atoms with E-state index in [4.69, 9.17) is 0 Å². The molecule has 2 fully saturated rings. The second kappa shape index (κ2) is 7.38. The van der Waals surface area contributed by atoms with Crippen molar-refractivity contribution in [2.24, 2.45) is 5.92 Å². The number of nitrogens with zero attached hydrogens (tertiary/aromatic N) is 3. The molecule has 1 aromatic rings. The lowest BCUT2D eigenvalue weighted by atomic mass is 9.87. The first-order valence-corrected chi connectivity index (χ1v) is 8.67. The number of aromatic nitrogens is 2. The van der Waals surface area contributed by atoms with Crippen LogP contribution < -0.4 is 5.32 Å². The highest BCUT2D eigenvalue weighted by atomic mass is 16.3. The van der Waals surface area contributed by atoms with Gasteiger partial charge in [0.25, 0.3) is 0 Å². The van der Waals surface area contributed by atoms with Crippen LogP contribution in [0.1, 0.15) is 44.2 Å². The molecule has 5 heteroatoms. The summed E-state index contributed by atoms with van der Waals surface area (Å²) in [5, 5.41) is 13.3. The van der Waals surface area contributed by atoms with Crippen molar-refractivity contribution in [3.8, 4) is 0 Å². The van der Waals surface area contributed by atoms with Gasteiger partial charge in [-0.05, 0) is 51.1 Å². The predicted molar refractivity (Wildman–Crippen MR) is 87.8 cm³/mol. The first-order chi connectivity index (χ1) is 10.8. The minimum atomic E-state index is -0.106. The highest BCUT2D eigenvalue weighted by molar-refractivity contribution is 5.33. The summed E-state index contributed by atoms with van der Waals surface area (Å²) in [5.74, 6) is 1.60. The highest BCUT2D eigenvalue weighted by Gasteiger charge is 2.31. The number of aliphatic hydroxyl groups excluding tert-OH is 1. The first-order valence-electron chi connectivity index (χ1n) is 8.67. The van der Waals surface area contributed by atoms with E-state index in [0.717, 1.165) is 37.4 Å². The van der Waals surface area contributed by atoms with Crippen LogP contribution in [-0.2, 0) is 6.42 Å². The fourth-order valence-electron chi connectivity index (χ4n) is 3.95. The average Bonchev–Trinajstić information content (AvgIpc) is 2.56. The topological polar surface area (TPSA) is 61.3 Å². The molecule has 1 saturated heterocycles. The monoisotopic (exact) mass is 304 g/mol. The molecule has 1 aromatic heterocycles. The lowest BCUT2D eigenvalue weighted by molar-refractivity contribution is 0.00400. The number of piperidine rings is 1. The molecular weight excluding hydrogens is 276 g/mol. The van der Waals surface area contributed by atoms with Crippen LogP contribution in [0.15, 0.2) is 12.4 Å². The van der Waals surface area contributed by atoms with Gasteiger partial charge in [0.05, 0.1) is 6.10 Å². The summed E-state index contributed by atoms with van der Waals surface area (Å²) in [6.07, 6.45) is 9.62. The van der Waals surface area contributed by atoms with E-state index < -0.39 is 0 Å². The molecule has 0 bridgehead atoms. The normalized spacial score (nSPS) is 27.7. The molecule has 1 saturated carbocycles. The highest BCUT2D eigenvalue weighted by Crippen LogP contribution is 2.28. The Morgan fingerprint density at radius 1 is 1.18 bits per heavy atom. The Hall–Kier alpha value is -1.20. The quantitative estimate of drug-likeness (QED) is 0.892. The molecule has 0 radical (unpaired) electrons. The molecule has 0 unspecified atom stereocenters. The number of anilines is 1. The molecule has 2 atom stereocenters. The second-order valence-electron chi connectivity index (χ2n) is 6.75. The molecule has 2 aliphatic rings.